The Balaban J connectivity index is 1.41. The fourth-order valence-electron chi connectivity index (χ4n) is 5.18. The van der Waals surface area contributed by atoms with Crippen LogP contribution in [0.4, 0.5) is 15.9 Å². The Morgan fingerprint density at radius 3 is 2.94 bits per heavy atom. The van der Waals surface area contributed by atoms with E-state index in [-0.39, 0.29) is 11.7 Å². The van der Waals surface area contributed by atoms with Crippen LogP contribution < -0.4 is 10.6 Å². The zero-order chi connectivity index (χ0) is 23.4. The van der Waals surface area contributed by atoms with Gasteiger partial charge in [-0.05, 0) is 62.7 Å². The smallest absolute Gasteiger partial charge is 0.254 e. The molecule has 1 atom stereocenters. The topological polar surface area (TPSA) is 74.6 Å². The number of fused-ring (bicyclic) bond motifs is 3. The molecule has 0 spiro atoms. The average Bonchev–Trinajstić information content (AvgIpc) is 3.42. The number of halogens is 1. The van der Waals surface area contributed by atoms with Crippen molar-refractivity contribution in [3.8, 4) is 11.3 Å². The fourth-order valence-corrected chi connectivity index (χ4v) is 5.18. The number of rotatable bonds is 4. The summed E-state index contributed by atoms with van der Waals surface area (Å²) >= 11 is 0. The highest BCUT2D eigenvalue weighted by Crippen LogP contribution is 2.37. The molecule has 34 heavy (non-hydrogen) atoms. The first kappa shape index (κ1) is 20.8. The molecule has 1 amide bonds. The Morgan fingerprint density at radius 2 is 2.09 bits per heavy atom. The van der Waals surface area contributed by atoms with Crippen LogP contribution in [0.2, 0.25) is 0 Å². The largest absolute Gasteiger partial charge is 0.348 e. The summed E-state index contributed by atoms with van der Waals surface area (Å²) in [6.07, 6.45) is 6.67. The molecule has 0 unspecified atom stereocenters. The Morgan fingerprint density at radius 1 is 1.21 bits per heavy atom. The Hall–Kier alpha value is -3.78. The molecule has 0 radical (unpaired) electrons. The van der Waals surface area contributed by atoms with Gasteiger partial charge in [-0.15, -0.1) is 0 Å². The molecule has 1 aliphatic carbocycles. The predicted molar refractivity (Wildman–Crippen MR) is 129 cm³/mol. The van der Waals surface area contributed by atoms with E-state index in [0.717, 1.165) is 53.3 Å². The Labute approximate surface area is 196 Å². The first-order valence-electron chi connectivity index (χ1n) is 11.5. The zero-order valence-corrected chi connectivity index (χ0v) is 19.1. The summed E-state index contributed by atoms with van der Waals surface area (Å²) in [5, 5.41) is 6.35. The third-order valence-electron chi connectivity index (χ3n) is 6.85. The fraction of sp³-hybridized carbons (Fsp3) is 0.269. The van der Waals surface area contributed by atoms with E-state index >= 15 is 0 Å². The van der Waals surface area contributed by atoms with Crippen molar-refractivity contribution >= 4 is 23.1 Å². The van der Waals surface area contributed by atoms with Gasteiger partial charge in [0.15, 0.2) is 0 Å². The number of hydrogen-bond acceptors (Lipinski definition) is 5. The number of pyridine rings is 2. The van der Waals surface area contributed by atoms with Crippen molar-refractivity contribution in [2.75, 3.05) is 19.4 Å². The number of anilines is 2. The molecular weight excluding hydrogens is 431 g/mol. The number of benzene rings is 1. The summed E-state index contributed by atoms with van der Waals surface area (Å²) in [7, 11) is 4.18. The molecule has 7 nitrogen and oxygen atoms in total. The quantitative estimate of drug-likeness (QED) is 0.474. The number of imidazole rings is 1. The van der Waals surface area contributed by atoms with Gasteiger partial charge in [0.05, 0.1) is 34.9 Å². The van der Waals surface area contributed by atoms with Crippen molar-refractivity contribution in [1.29, 1.82) is 0 Å². The van der Waals surface area contributed by atoms with Crippen molar-refractivity contribution in [1.82, 2.24) is 24.6 Å². The average molecular weight is 457 g/mol. The minimum atomic E-state index is -0.333. The summed E-state index contributed by atoms with van der Waals surface area (Å²) in [5.41, 5.74) is 6.85. The highest BCUT2D eigenvalue weighted by atomic mass is 19.1. The second kappa shape index (κ2) is 7.92. The standard InChI is InChI=1S/C26H25FN6O/c1-32(2)20-5-3-4-15-6-9-22(31-25(15)20)30-19-8-7-17(18-13-29-26(34)24(18)19)21-14-28-23-12-16(27)10-11-33(21)23/h6-12,14,20H,3-5,13H2,1-2H3,(H,29,34)(H,30,31)/t20-/m1/s1. The lowest BCUT2D eigenvalue weighted by atomic mass is 9.91. The lowest BCUT2D eigenvalue weighted by Crippen LogP contribution is -2.25. The highest BCUT2D eigenvalue weighted by molar-refractivity contribution is 6.06. The zero-order valence-electron chi connectivity index (χ0n) is 19.1. The molecular formula is C26H25FN6O. The minimum Gasteiger partial charge on any atom is -0.348 e. The van der Waals surface area contributed by atoms with E-state index in [0.29, 0.717) is 23.8 Å². The molecule has 0 bridgehead atoms. The van der Waals surface area contributed by atoms with Crippen LogP contribution >= 0.6 is 0 Å². The molecule has 0 saturated carbocycles. The minimum absolute atomic E-state index is 0.122. The number of amides is 1. The SMILES string of the molecule is CN(C)[C@@H]1CCCc2ccc(Nc3ccc(-c4cnc5cc(F)ccn45)c4c3C(=O)NC4)nc21. The molecule has 2 N–H and O–H groups in total. The maximum Gasteiger partial charge on any atom is 0.254 e. The van der Waals surface area contributed by atoms with Crippen molar-refractivity contribution < 1.29 is 9.18 Å². The van der Waals surface area contributed by atoms with Gasteiger partial charge in [0.2, 0.25) is 0 Å². The summed E-state index contributed by atoms with van der Waals surface area (Å²) < 4.78 is 15.5. The lowest BCUT2D eigenvalue weighted by molar-refractivity contribution is 0.0966. The number of carbonyl (C=O) groups is 1. The normalized spacial score (nSPS) is 17.1. The lowest BCUT2D eigenvalue weighted by Gasteiger charge is -2.30. The van der Waals surface area contributed by atoms with Crippen LogP contribution in [0.1, 0.15) is 46.1 Å². The monoisotopic (exact) mass is 456 g/mol. The van der Waals surface area contributed by atoms with Gasteiger partial charge in [-0.3, -0.25) is 9.20 Å². The highest BCUT2D eigenvalue weighted by Gasteiger charge is 2.28. The van der Waals surface area contributed by atoms with E-state index < -0.39 is 0 Å². The summed E-state index contributed by atoms with van der Waals surface area (Å²) in [6.45, 7) is 0.424. The van der Waals surface area contributed by atoms with Crippen molar-refractivity contribution in [3.05, 3.63) is 77.0 Å². The van der Waals surface area contributed by atoms with Crippen LogP contribution in [0.15, 0.2) is 48.8 Å². The van der Waals surface area contributed by atoms with E-state index in [1.165, 1.54) is 17.7 Å². The van der Waals surface area contributed by atoms with Crippen molar-refractivity contribution in [2.45, 2.75) is 31.8 Å². The molecule has 4 heterocycles. The van der Waals surface area contributed by atoms with Gasteiger partial charge in [0, 0.05) is 24.4 Å². The van der Waals surface area contributed by atoms with Gasteiger partial charge in [-0.1, -0.05) is 12.1 Å². The third kappa shape index (κ3) is 3.33. The molecule has 4 aromatic rings. The first-order chi connectivity index (χ1) is 16.5. The van der Waals surface area contributed by atoms with Gasteiger partial charge < -0.3 is 15.5 Å². The second-order valence-electron chi connectivity index (χ2n) is 9.15. The summed E-state index contributed by atoms with van der Waals surface area (Å²) in [5.74, 6) is 0.274. The molecule has 1 aliphatic heterocycles. The molecule has 2 aliphatic rings. The van der Waals surface area contributed by atoms with E-state index in [4.69, 9.17) is 4.98 Å². The number of aryl methyl sites for hydroxylation is 1. The van der Waals surface area contributed by atoms with E-state index in [1.54, 1.807) is 12.4 Å². The molecule has 3 aromatic heterocycles. The van der Waals surface area contributed by atoms with Crippen molar-refractivity contribution in [3.63, 3.8) is 0 Å². The van der Waals surface area contributed by atoms with Crippen molar-refractivity contribution in [2.24, 2.45) is 0 Å². The Kier molecular flexibility index (Phi) is 4.84. The second-order valence-corrected chi connectivity index (χ2v) is 9.15. The van der Waals surface area contributed by atoms with Crippen LogP contribution in [0.5, 0.6) is 0 Å². The van der Waals surface area contributed by atoms with Crippen LogP contribution in [0.25, 0.3) is 16.9 Å². The molecule has 0 fully saturated rings. The molecule has 1 aromatic carbocycles. The predicted octanol–water partition coefficient (Wildman–Crippen LogP) is 4.46. The van der Waals surface area contributed by atoms with E-state index in [9.17, 15) is 9.18 Å². The number of nitrogens with one attached hydrogen (secondary N) is 2. The molecule has 172 valence electrons. The van der Waals surface area contributed by atoms with E-state index in [1.807, 2.05) is 22.6 Å². The van der Waals surface area contributed by atoms with Gasteiger partial charge >= 0.3 is 0 Å². The Bertz CT molecular complexity index is 1440. The van der Waals surface area contributed by atoms with Gasteiger partial charge in [-0.2, -0.15) is 0 Å². The first-order valence-corrected chi connectivity index (χ1v) is 11.5. The maximum absolute atomic E-state index is 13.6. The number of aromatic nitrogens is 3. The van der Waals surface area contributed by atoms with Crippen LogP contribution in [-0.2, 0) is 13.0 Å². The van der Waals surface area contributed by atoms with Gasteiger partial charge in [0.1, 0.15) is 17.3 Å². The number of carbonyl (C=O) groups excluding carboxylic acids is 1. The van der Waals surface area contributed by atoms with Gasteiger partial charge in [0.25, 0.3) is 5.91 Å². The van der Waals surface area contributed by atoms with Gasteiger partial charge in [-0.25, -0.2) is 14.4 Å². The van der Waals surface area contributed by atoms with E-state index in [2.05, 4.69) is 40.7 Å². The van der Waals surface area contributed by atoms with Crippen LogP contribution in [0, 0.1) is 5.82 Å². The molecule has 6 rings (SSSR count). The molecule has 0 saturated heterocycles. The van der Waals surface area contributed by atoms with Crippen LogP contribution in [-0.4, -0.2) is 39.3 Å². The molecule has 8 heteroatoms. The number of hydrogen-bond donors (Lipinski definition) is 2. The summed E-state index contributed by atoms with van der Waals surface area (Å²) in [4.78, 5) is 24.3. The summed E-state index contributed by atoms with van der Waals surface area (Å²) in [6, 6.07) is 11.1. The number of nitrogens with zero attached hydrogens (tertiary/aromatic N) is 4. The third-order valence-corrected chi connectivity index (χ3v) is 6.85. The maximum atomic E-state index is 13.6. The van der Waals surface area contributed by atoms with Crippen LogP contribution in [0.3, 0.4) is 0 Å².